The molecule has 2 N–H and O–H groups in total. The van der Waals surface area contributed by atoms with Gasteiger partial charge in [-0.3, -0.25) is 9.59 Å². The molecule has 2 aromatic heterocycles. The van der Waals surface area contributed by atoms with Gasteiger partial charge in [0, 0.05) is 10.9 Å². The molecule has 0 aliphatic carbocycles. The number of rotatable bonds is 4. The summed E-state index contributed by atoms with van der Waals surface area (Å²) in [6.07, 6.45) is 1.37. The Bertz CT molecular complexity index is 1330. The normalized spacial score (nSPS) is 11.2. The third-order valence-corrected chi connectivity index (χ3v) is 4.50. The minimum atomic E-state index is -0.657. The number of halogens is 1. The van der Waals surface area contributed by atoms with E-state index in [0.29, 0.717) is 27.7 Å². The zero-order valence-corrected chi connectivity index (χ0v) is 15.9. The second kappa shape index (κ2) is 7.69. The van der Waals surface area contributed by atoms with Gasteiger partial charge in [-0.2, -0.15) is 5.10 Å². The molecular formula is C20H14ClN5O3. The number of amides is 1. The molecular weight excluding hydrogens is 394 g/mol. The lowest BCUT2D eigenvalue weighted by atomic mass is 10.1. The van der Waals surface area contributed by atoms with Gasteiger partial charge in [0.2, 0.25) is 5.82 Å². The highest BCUT2D eigenvalue weighted by Gasteiger charge is 2.11. The number of ether oxygens (including phenoxy) is 1. The molecule has 0 saturated carbocycles. The van der Waals surface area contributed by atoms with Gasteiger partial charge in [-0.05, 0) is 36.4 Å². The molecule has 144 valence electrons. The molecule has 0 fully saturated rings. The standard InChI is InChI=1S/C20H14ClN5O3/c1-29-13-6-7-15-11(9-13)8-12(17(21)23-15)10-22-26-20(28)18-24-16-5-3-2-4-14(16)19(27)25-18/h2-10H,1H3,(H,26,28)(H,24,25,27). The van der Waals surface area contributed by atoms with Crippen LogP contribution in [0.4, 0.5) is 0 Å². The molecule has 0 saturated heterocycles. The summed E-state index contributed by atoms with van der Waals surface area (Å²) >= 11 is 6.19. The number of aromatic amines is 1. The Morgan fingerprint density at radius 2 is 2.00 bits per heavy atom. The molecule has 0 aliphatic rings. The number of hydrazone groups is 1. The fraction of sp³-hybridized carbons (Fsp3) is 0.0500. The molecule has 4 rings (SSSR count). The lowest BCUT2D eigenvalue weighted by molar-refractivity contribution is 0.0945. The van der Waals surface area contributed by atoms with Crippen LogP contribution in [0.3, 0.4) is 0 Å². The van der Waals surface area contributed by atoms with Crippen molar-refractivity contribution in [2.75, 3.05) is 7.11 Å². The number of carbonyl (C=O) groups is 1. The van der Waals surface area contributed by atoms with E-state index in [4.69, 9.17) is 16.3 Å². The van der Waals surface area contributed by atoms with Crippen LogP contribution >= 0.6 is 11.6 Å². The van der Waals surface area contributed by atoms with E-state index in [1.165, 1.54) is 6.21 Å². The maximum absolute atomic E-state index is 12.3. The van der Waals surface area contributed by atoms with E-state index in [1.807, 2.05) is 6.07 Å². The quantitative estimate of drug-likeness (QED) is 0.307. The molecule has 8 nitrogen and oxygen atoms in total. The number of pyridine rings is 1. The molecule has 0 radical (unpaired) electrons. The number of hydrogen-bond acceptors (Lipinski definition) is 6. The van der Waals surface area contributed by atoms with Gasteiger partial charge in [0.15, 0.2) is 0 Å². The fourth-order valence-electron chi connectivity index (χ4n) is 2.77. The van der Waals surface area contributed by atoms with E-state index in [1.54, 1.807) is 49.6 Å². The topological polar surface area (TPSA) is 109 Å². The van der Waals surface area contributed by atoms with Crippen molar-refractivity contribution in [2.24, 2.45) is 5.10 Å². The number of H-pyrrole nitrogens is 1. The van der Waals surface area contributed by atoms with Crippen LogP contribution in [0.1, 0.15) is 16.2 Å². The van der Waals surface area contributed by atoms with Crippen LogP contribution in [0.25, 0.3) is 21.8 Å². The maximum Gasteiger partial charge on any atom is 0.307 e. The smallest absolute Gasteiger partial charge is 0.307 e. The number of hydrogen-bond donors (Lipinski definition) is 2. The van der Waals surface area contributed by atoms with Gasteiger partial charge >= 0.3 is 5.91 Å². The van der Waals surface area contributed by atoms with Crippen molar-refractivity contribution in [3.63, 3.8) is 0 Å². The number of para-hydroxylation sites is 1. The number of nitrogens with one attached hydrogen (secondary N) is 2. The highest BCUT2D eigenvalue weighted by molar-refractivity contribution is 6.32. The molecule has 2 heterocycles. The minimum Gasteiger partial charge on any atom is -0.497 e. The highest BCUT2D eigenvalue weighted by Crippen LogP contribution is 2.23. The second-order valence-corrected chi connectivity index (χ2v) is 6.42. The van der Waals surface area contributed by atoms with Gasteiger partial charge in [-0.15, -0.1) is 0 Å². The molecule has 2 aromatic carbocycles. The average molecular weight is 408 g/mol. The van der Waals surface area contributed by atoms with E-state index in [0.717, 1.165) is 5.39 Å². The van der Waals surface area contributed by atoms with E-state index >= 15 is 0 Å². The largest absolute Gasteiger partial charge is 0.497 e. The highest BCUT2D eigenvalue weighted by atomic mass is 35.5. The van der Waals surface area contributed by atoms with Crippen LogP contribution in [0, 0.1) is 0 Å². The third-order valence-electron chi connectivity index (χ3n) is 4.20. The van der Waals surface area contributed by atoms with Crippen LogP contribution in [0.2, 0.25) is 5.15 Å². The molecule has 1 amide bonds. The van der Waals surface area contributed by atoms with Gasteiger partial charge in [0.1, 0.15) is 10.9 Å². The predicted molar refractivity (Wildman–Crippen MR) is 111 cm³/mol. The van der Waals surface area contributed by atoms with Gasteiger partial charge < -0.3 is 9.72 Å². The van der Waals surface area contributed by atoms with Crippen LogP contribution in [0.5, 0.6) is 5.75 Å². The average Bonchev–Trinajstić information content (AvgIpc) is 2.73. The van der Waals surface area contributed by atoms with Crippen LogP contribution in [-0.4, -0.2) is 34.2 Å². The SMILES string of the molecule is COc1ccc2nc(Cl)c(C=NNC(=O)c3nc4ccccc4c(=O)[nH]3)cc2c1. The van der Waals surface area contributed by atoms with Crippen molar-refractivity contribution in [2.45, 2.75) is 0 Å². The Morgan fingerprint density at radius 3 is 2.83 bits per heavy atom. The Labute approximate surface area is 169 Å². The van der Waals surface area contributed by atoms with Crippen molar-refractivity contribution >= 4 is 45.5 Å². The van der Waals surface area contributed by atoms with Crippen molar-refractivity contribution in [1.82, 2.24) is 20.4 Å². The summed E-state index contributed by atoms with van der Waals surface area (Å²) < 4.78 is 5.21. The number of fused-ring (bicyclic) bond motifs is 2. The van der Waals surface area contributed by atoms with E-state index < -0.39 is 11.5 Å². The molecule has 9 heteroatoms. The summed E-state index contributed by atoms with van der Waals surface area (Å²) in [6.45, 7) is 0. The van der Waals surface area contributed by atoms with Crippen molar-refractivity contribution < 1.29 is 9.53 Å². The lowest BCUT2D eigenvalue weighted by Crippen LogP contribution is -2.24. The molecule has 0 aliphatic heterocycles. The Morgan fingerprint density at radius 1 is 1.17 bits per heavy atom. The van der Waals surface area contributed by atoms with Gasteiger partial charge in [0.05, 0.1) is 29.7 Å². The summed E-state index contributed by atoms with van der Waals surface area (Å²) in [5.74, 6) is -0.113. The predicted octanol–water partition coefficient (Wildman–Crippen LogP) is 2.90. The number of nitrogens with zero attached hydrogens (tertiary/aromatic N) is 3. The minimum absolute atomic E-state index is 0.140. The summed E-state index contributed by atoms with van der Waals surface area (Å²) in [6, 6.07) is 13.9. The summed E-state index contributed by atoms with van der Waals surface area (Å²) in [5, 5.41) is 5.34. The first-order chi connectivity index (χ1) is 14.0. The fourth-order valence-corrected chi connectivity index (χ4v) is 2.97. The van der Waals surface area contributed by atoms with Gasteiger partial charge in [-0.25, -0.2) is 15.4 Å². The van der Waals surface area contributed by atoms with E-state index in [2.05, 4.69) is 25.5 Å². The summed E-state index contributed by atoms with van der Waals surface area (Å²) in [5.41, 5.74) is 3.55. The monoisotopic (exact) mass is 407 g/mol. The van der Waals surface area contributed by atoms with Gasteiger partial charge in [0.25, 0.3) is 5.56 Å². The number of carbonyl (C=O) groups excluding carboxylic acids is 1. The Balaban J connectivity index is 1.57. The van der Waals surface area contributed by atoms with Crippen molar-refractivity contribution in [1.29, 1.82) is 0 Å². The summed E-state index contributed by atoms with van der Waals surface area (Å²) in [7, 11) is 1.58. The maximum atomic E-state index is 12.3. The summed E-state index contributed by atoms with van der Waals surface area (Å²) in [4.78, 5) is 35.2. The number of benzene rings is 2. The lowest BCUT2D eigenvalue weighted by Gasteiger charge is -2.05. The Kier molecular flexibility index (Phi) is 4.92. The number of aromatic nitrogens is 3. The van der Waals surface area contributed by atoms with Crippen molar-refractivity contribution in [3.8, 4) is 5.75 Å². The molecule has 4 aromatic rings. The van der Waals surface area contributed by atoms with E-state index in [-0.39, 0.29) is 11.0 Å². The molecule has 0 spiro atoms. The second-order valence-electron chi connectivity index (χ2n) is 6.06. The first-order valence-corrected chi connectivity index (χ1v) is 8.90. The third kappa shape index (κ3) is 3.78. The Hall–Kier alpha value is -3.78. The first-order valence-electron chi connectivity index (χ1n) is 8.52. The van der Waals surface area contributed by atoms with Gasteiger partial charge in [-0.1, -0.05) is 23.7 Å². The molecule has 0 atom stereocenters. The molecule has 0 unspecified atom stereocenters. The molecule has 29 heavy (non-hydrogen) atoms. The van der Waals surface area contributed by atoms with E-state index in [9.17, 15) is 9.59 Å². The van der Waals surface area contributed by atoms with Crippen LogP contribution in [-0.2, 0) is 0 Å². The molecule has 0 bridgehead atoms. The van der Waals surface area contributed by atoms with Crippen LogP contribution < -0.4 is 15.7 Å². The zero-order chi connectivity index (χ0) is 20.4. The first kappa shape index (κ1) is 18.6. The van der Waals surface area contributed by atoms with Crippen LogP contribution in [0.15, 0.2) is 58.4 Å². The van der Waals surface area contributed by atoms with Crippen molar-refractivity contribution in [3.05, 3.63) is 75.4 Å². The zero-order valence-electron chi connectivity index (χ0n) is 15.1. The number of methoxy groups -OCH3 is 1.